The Hall–Kier alpha value is -2.22. The zero-order chi connectivity index (χ0) is 13.9. The Bertz CT molecular complexity index is 565. The first-order valence-corrected chi connectivity index (χ1v) is 7.00. The molecule has 3 rings (SSSR count). The van der Waals surface area contributed by atoms with Crippen molar-refractivity contribution < 1.29 is 9.53 Å². The molecule has 1 aromatic carbocycles. The molecule has 2 unspecified atom stereocenters. The molecule has 5 nitrogen and oxygen atoms in total. The van der Waals surface area contributed by atoms with Gasteiger partial charge in [-0.25, -0.2) is 0 Å². The van der Waals surface area contributed by atoms with Crippen molar-refractivity contribution in [2.45, 2.75) is 25.3 Å². The van der Waals surface area contributed by atoms with E-state index in [4.69, 9.17) is 10.00 Å². The molecular formula is C15H17N3O2. The van der Waals surface area contributed by atoms with Gasteiger partial charge in [-0.3, -0.25) is 4.79 Å². The first-order valence-electron chi connectivity index (χ1n) is 7.00. The van der Waals surface area contributed by atoms with Crippen LogP contribution in [0.15, 0.2) is 18.2 Å². The predicted molar refractivity (Wildman–Crippen MR) is 74.6 cm³/mol. The van der Waals surface area contributed by atoms with Gasteiger partial charge in [-0.1, -0.05) is 6.07 Å². The van der Waals surface area contributed by atoms with Crippen LogP contribution in [0, 0.1) is 17.2 Å². The van der Waals surface area contributed by atoms with Gasteiger partial charge in [-0.2, -0.15) is 5.26 Å². The van der Waals surface area contributed by atoms with Gasteiger partial charge in [0.15, 0.2) is 5.75 Å². The van der Waals surface area contributed by atoms with E-state index < -0.39 is 0 Å². The number of hydrogen-bond donors (Lipinski definition) is 2. The van der Waals surface area contributed by atoms with Crippen molar-refractivity contribution >= 4 is 11.6 Å². The second-order valence-corrected chi connectivity index (χ2v) is 5.20. The lowest BCUT2D eigenvalue weighted by Crippen LogP contribution is -2.37. The Kier molecular flexibility index (Phi) is 3.46. The van der Waals surface area contributed by atoms with E-state index in [1.165, 1.54) is 0 Å². The van der Waals surface area contributed by atoms with E-state index in [0.29, 0.717) is 17.9 Å². The third-order valence-corrected chi connectivity index (χ3v) is 3.92. The molecule has 1 aromatic rings. The summed E-state index contributed by atoms with van der Waals surface area (Å²) < 4.78 is 5.61. The van der Waals surface area contributed by atoms with Crippen molar-refractivity contribution in [1.82, 2.24) is 5.32 Å². The molecule has 1 saturated carbocycles. The van der Waals surface area contributed by atoms with E-state index >= 15 is 0 Å². The van der Waals surface area contributed by atoms with Crippen LogP contribution >= 0.6 is 0 Å². The summed E-state index contributed by atoms with van der Waals surface area (Å²) in [6.45, 7) is 1.30. The molecule has 2 N–H and O–H groups in total. The highest BCUT2D eigenvalue weighted by Crippen LogP contribution is 2.32. The van der Waals surface area contributed by atoms with Crippen molar-refractivity contribution in [3.63, 3.8) is 0 Å². The van der Waals surface area contributed by atoms with Crippen LogP contribution in [0.2, 0.25) is 0 Å². The maximum atomic E-state index is 12.4. The standard InChI is InChI=1S/C15H17N3O2/c16-9-10-3-1-5-12(10)18-15(19)11-4-2-6-13-14(11)20-8-7-17-13/h2,4,6,10,12,17H,1,3,5,7-8H2,(H,18,19). The Labute approximate surface area is 117 Å². The van der Waals surface area contributed by atoms with Crippen molar-refractivity contribution in [3.8, 4) is 11.8 Å². The molecular weight excluding hydrogens is 254 g/mol. The number of nitriles is 1. The highest BCUT2D eigenvalue weighted by atomic mass is 16.5. The van der Waals surface area contributed by atoms with Crippen LogP contribution in [-0.4, -0.2) is 25.1 Å². The minimum absolute atomic E-state index is 0.0418. The first-order chi connectivity index (χ1) is 9.79. The highest BCUT2D eigenvalue weighted by Gasteiger charge is 2.29. The molecule has 0 bridgehead atoms. The Morgan fingerprint density at radius 1 is 1.45 bits per heavy atom. The molecule has 1 heterocycles. The fourth-order valence-electron chi connectivity index (χ4n) is 2.88. The van der Waals surface area contributed by atoms with E-state index in [2.05, 4.69) is 16.7 Å². The number of rotatable bonds is 2. The third kappa shape index (κ3) is 2.29. The molecule has 1 fully saturated rings. The first kappa shape index (κ1) is 12.8. The number of carbonyl (C=O) groups is 1. The van der Waals surface area contributed by atoms with E-state index in [1.54, 1.807) is 6.07 Å². The van der Waals surface area contributed by atoms with Crippen molar-refractivity contribution in [2.24, 2.45) is 5.92 Å². The number of amides is 1. The van der Waals surface area contributed by atoms with Gasteiger partial charge in [0, 0.05) is 12.6 Å². The molecule has 0 radical (unpaired) electrons. The largest absolute Gasteiger partial charge is 0.489 e. The lowest BCUT2D eigenvalue weighted by atomic mass is 10.0. The van der Waals surface area contributed by atoms with Crippen molar-refractivity contribution in [3.05, 3.63) is 23.8 Å². The fourth-order valence-corrected chi connectivity index (χ4v) is 2.88. The summed E-state index contributed by atoms with van der Waals surface area (Å²) >= 11 is 0. The highest BCUT2D eigenvalue weighted by molar-refractivity contribution is 5.99. The molecule has 0 spiro atoms. The monoisotopic (exact) mass is 271 g/mol. The van der Waals surface area contributed by atoms with E-state index in [9.17, 15) is 4.79 Å². The zero-order valence-electron chi connectivity index (χ0n) is 11.2. The lowest BCUT2D eigenvalue weighted by Gasteiger charge is -2.22. The topological polar surface area (TPSA) is 74.2 Å². The maximum absolute atomic E-state index is 12.4. The van der Waals surface area contributed by atoms with Gasteiger partial charge in [0.25, 0.3) is 5.91 Å². The molecule has 2 aliphatic rings. The predicted octanol–water partition coefficient (Wildman–Crippen LogP) is 1.91. The number of fused-ring (bicyclic) bond motifs is 1. The van der Waals surface area contributed by atoms with Gasteiger partial charge < -0.3 is 15.4 Å². The Balaban J connectivity index is 1.79. The number of benzene rings is 1. The number of ether oxygens (including phenoxy) is 1. The normalized spacial score (nSPS) is 23.9. The molecule has 1 amide bonds. The van der Waals surface area contributed by atoms with Crippen LogP contribution in [-0.2, 0) is 0 Å². The van der Waals surface area contributed by atoms with E-state index in [-0.39, 0.29) is 17.9 Å². The lowest BCUT2D eigenvalue weighted by molar-refractivity contribution is 0.0928. The van der Waals surface area contributed by atoms with Crippen molar-refractivity contribution in [2.75, 3.05) is 18.5 Å². The van der Waals surface area contributed by atoms with Crippen LogP contribution in [0.5, 0.6) is 5.75 Å². The van der Waals surface area contributed by atoms with Crippen LogP contribution in [0.1, 0.15) is 29.6 Å². The number of anilines is 1. The Morgan fingerprint density at radius 3 is 3.20 bits per heavy atom. The Morgan fingerprint density at radius 2 is 2.35 bits per heavy atom. The minimum atomic E-state index is -0.155. The molecule has 0 aromatic heterocycles. The number of nitrogens with one attached hydrogen (secondary N) is 2. The molecule has 104 valence electrons. The summed E-state index contributed by atoms with van der Waals surface area (Å²) in [7, 11) is 0. The van der Waals surface area contributed by atoms with Crippen molar-refractivity contribution in [1.29, 1.82) is 5.26 Å². The fraction of sp³-hybridized carbons (Fsp3) is 0.467. The maximum Gasteiger partial charge on any atom is 0.255 e. The molecule has 5 heteroatoms. The summed E-state index contributed by atoms with van der Waals surface area (Å²) in [6.07, 6.45) is 2.73. The number of hydrogen-bond acceptors (Lipinski definition) is 4. The average Bonchev–Trinajstić information content (AvgIpc) is 2.93. The number of carbonyl (C=O) groups excluding carboxylic acids is 1. The summed E-state index contributed by atoms with van der Waals surface area (Å²) in [5.74, 6) is 0.387. The number of nitrogens with zero attached hydrogens (tertiary/aromatic N) is 1. The van der Waals surface area contributed by atoms with E-state index in [0.717, 1.165) is 31.5 Å². The minimum Gasteiger partial charge on any atom is -0.489 e. The van der Waals surface area contributed by atoms with Crippen LogP contribution < -0.4 is 15.4 Å². The van der Waals surface area contributed by atoms with Gasteiger partial charge in [0.05, 0.1) is 23.2 Å². The van der Waals surface area contributed by atoms with Crippen LogP contribution in [0.25, 0.3) is 0 Å². The third-order valence-electron chi connectivity index (χ3n) is 3.92. The smallest absolute Gasteiger partial charge is 0.255 e. The van der Waals surface area contributed by atoms with Gasteiger partial charge in [0.2, 0.25) is 0 Å². The summed E-state index contributed by atoms with van der Waals surface area (Å²) in [5.41, 5.74) is 1.39. The van der Waals surface area contributed by atoms with Gasteiger partial charge >= 0.3 is 0 Å². The van der Waals surface area contributed by atoms with Crippen LogP contribution in [0.3, 0.4) is 0 Å². The van der Waals surface area contributed by atoms with Gasteiger partial charge in [0.1, 0.15) is 6.61 Å². The second-order valence-electron chi connectivity index (χ2n) is 5.20. The summed E-state index contributed by atoms with van der Waals surface area (Å²) in [5, 5.41) is 15.3. The van der Waals surface area contributed by atoms with Gasteiger partial charge in [-0.15, -0.1) is 0 Å². The molecule has 1 aliphatic carbocycles. The zero-order valence-corrected chi connectivity index (χ0v) is 11.2. The molecule has 20 heavy (non-hydrogen) atoms. The SMILES string of the molecule is N#CC1CCCC1NC(=O)c1cccc2c1OCCN2. The molecule has 1 aliphatic heterocycles. The summed E-state index contributed by atoms with van der Waals surface area (Å²) in [6, 6.07) is 7.74. The quantitative estimate of drug-likeness (QED) is 0.861. The van der Waals surface area contributed by atoms with Gasteiger partial charge in [-0.05, 0) is 31.4 Å². The second kappa shape index (κ2) is 5.41. The molecule has 0 saturated heterocycles. The van der Waals surface area contributed by atoms with Crippen LogP contribution in [0.4, 0.5) is 5.69 Å². The molecule has 2 atom stereocenters. The van der Waals surface area contributed by atoms with E-state index in [1.807, 2.05) is 12.1 Å². The average molecular weight is 271 g/mol. The summed E-state index contributed by atoms with van der Waals surface area (Å²) in [4.78, 5) is 12.4. The number of para-hydroxylation sites is 1.